The summed E-state index contributed by atoms with van der Waals surface area (Å²) in [5.41, 5.74) is 3.08. The first-order valence-electron chi connectivity index (χ1n) is 8.99. The molecule has 0 unspecified atom stereocenters. The van der Waals surface area contributed by atoms with Gasteiger partial charge in [-0.2, -0.15) is 0 Å². The van der Waals surface area contributed by atoms with Crippen LogP contribution in [0.5, 0.6) is 0 Å². The molecule has 0 fully saturated rings. The third-order valence-electron chi connectivity index (χ3n) is 4.81. The van der Waals surface area contributed by atoms with Crippen LogP contribution in [0, 0.1) is 5.82 Å². The molecular weight excluding hydrogens is 347 g/mol. The Balaban J connectivity index is 1.51. The highest BCUT2D eigenvalue weighted by molar-refractivity contribution is 5.77. The molecule has 6 nitrogen and oxygen atoms in total. The number of pyridine rings is 1. The summed E-state index contributed by atoms with van der Waals surface area (Å²) in [5, 5.41) is 3.18. The lowest BCUT2D eigenvalue weighted by atomic mass is 9.95. The smallest absolute Gasteiger partial charge is 0.263 e. The molecule has 138 valence electrons. The first-order chi connectivity index (χ1) is 13.1. The number of nitrogens with one attached hydrogen (secondary N) is 1. The Hall–Kier alpha value is -3.09. The van der Waals surface area contributed by atoms with Crippen molar-refractivity contribution in [1.29, 1.82) is 0 Å². The van der Waals surface area contributed by atoms with E-state index in [0.717, 1.165) is 42.5 Å². The van der Waals surface area contributed by atoms with E-state index in [1.54, 1.807) is 12.1 Å². The number of nitrogens with zero attached hydrogens (tertiary/aromatic N) is 3. The highest BCUT2D eigenvalue weighted by Gasteiger charge is 2.15. The molecule has 1 amide bonds. The number of carbonyl (C=O) groups is 1. The van der Waals surface area contributed by atoms with E-state index in [0.29, 0.717) is 11.0 Å². The van der Waals surface area contributed by atoms with Crippen molar-refractivity contribution in [1.82, 2.24) is 19.9 Å². The number of halogens is 1. The zero-order chi connectivity index (χ0) is 18.8. The monoisotopic (exact) mass is 366 g/mol. The molecule has 2 aromatic heterocycles. The minimum Gasteiger partial charge on any atom is -0.350 e. The number of benzene rings is 1. The standard InChI is InChI=1S/C20H19FN4O2/c21-15-7-5-13(6-8-15)10-22-18(26)11-25-12-23-19-16(20(25)27)9-14-3-1-2-4-17(14)24-19/h5-9,12H,1-4,10-11H2,(H,22,26). The number of hydrogen-bond acceptors (Lipinski definition) is 4. The fourth-order valence-corrected chi connectivity index (χ4v) is 3.34. The van der Waals surface area contributed by atoms with Crippen LogP contribution in [0.3, 0.4) is 0 Å². The van der Waals surface area contributed by atoms with Gasteiger partial charge in [0.1, 0.15) is 18.7 Å². The van der Waals surface area contributed by atoms with Gasteiger partial charge in [0.15, 0.2) is 5.65 Å². The van der Waals surface area contributed by atoms with Crippen LogP contribution < -0.4 is 10.9 Å². The Kier molecular flexibility index (Phi) is 4.66. The van der Waals surface area contributed by atoms with Crippen molar-refractivity contribution in [2.45, 2.75) is 38.8 Å². The van der Waals surface area contributed by atoms with E-state index in [2.05, 4.69) is 15.3 Å². The Bertz CT molecular complexity index is 1060. The van der Waals surface area contributed by atoms with Crippen molar-refractivity contribution in [3.63, 3.8) is 0 Å². The van der Waals surface area contributed by atoms with Crippen LogP contribution in [0.2, 0.25) is 0 Å². The first kappa shape index (κ1) is 17.3. The highest BCUT2D eigenvalue weighted by Crippen LogP contribution is 2.21. The number of rotatable bonds is 4. The number of fused-ring (bicyclic) bond motifs is 2. The Morgan fingerprint density at radius 3 is 2.78 bits per heavy atom. The van der Waals surface area contributed by atoms with Crippen molar-refractivity contribution in [2.24, 2.45) is 0 Å². The number of hydrogen-bond donors (Lipinski definition) is 1. The summed E-state index contributed by atoms with van der Waals surface area (Å²) in [6.07, 6.45) is 5.41. The predicted molar refractivity (Wildman–Crippen MR) is 98.7 cm³/mol. The molecule has 0 radical (unpaired) electrons. The van der Waals surface area contributed by atoms with Gasteiger partial charge < -0.3 is 5.32 Å². The third-order valence-corrected chi connectivity index (χ3v) is 4.81. The number of carbonyl (C=O) groups excluding carboxylic acids is 1. The van der Waals surface area contributed by atoms with E-state index >= 15 is 0 Å². The molecular formula is C20H19FN4O2. The van der Waals surface area contributed by atoms with Crippen LogP contribution in [-0.4, -0.2) is 20.4 Å². The summed E-state index contributed by atoms with van der Waals surface area (Å²) >= 11 is 0. The maximum absolute atomic E-state index is 12.9. The van der Waals surface area contributed by atoms with Crippen LogP contribution in [0.15, 0.2) is 41.5 Å². The number of aryl methyl sites for hydroxylation is 2. The van der Waals surface area contributed by atoms with Gasteiger partial charge in [0.2, 0.25) is 5.91 Å². The maximum Gasteiger partial charge on any atom is 0.263 e. The zero-order valence-electron chi connectivity index (χ0n) is 14.7. The molecule has 0 bridgehead atoms. The molecule has 1 aliphatic rings. The fraction of sp³-hybridized carbons (Fsp3) is 0.300. The predicted octanol–water partition coefficient (Wildman–Crippen LogP) is 2.13. The molecule has 0 saturated heterocycles. The summed E-state index contributed by atoms with van der Waals surface area (Å²) in [4.78, 5) is 33.7. The van der Waals surface area contributed by atoms with Gasteiger partial charge in [0, 0.05) is 12.2 Å². The highest BCUT2D eigenvalue weighted by atomic mass is 19.1. The van der Waals surface area contributed by atoms with Crippen molar-refractivity contribution in [3.8, 4) is 0 Å². The van der Waals surface area contributed by atoms with E-state index in [9.17, 15) is 14.0 Å². The molecule has 0 saturated carbocycles. The Morgan fingerprint density at radius 2 is 1.96 bits per heavy atom. The van der Waals surface area contributed by atoms with Gasteiger partial charge in [0.05, 0.1) is 5.39 Å². The molecule has 0 spiro atoms. The molecule has 0 aliphatic heterocycles. The van der Waals surface area contributed by atoms with Gasteiger partial charge in [-0.1, -0.05) is 12.1 Å². The van der Waals surface area contributed by atoms with Gasteiger partial charge in [-0.25, -0.2) is 14.4 Å². The summed E-state index contributed by atoms with van der Waals surface area (Å²) in [6, 6.07) is 7.77. The van der Waals surface area contributed by atoms with E-state index in [-0.39, 0.29) is 30.4 Å². The van der Waals surface area contributed by atoms with Crippen molar-refractivity contribution in [2.75, 3.05) is 0 Å². The summed E-state index contributed by atoms with van der Waals surface area (Å²) < 4.78 is 14.2. The molecule has 2 heterocycles. The van der Waals surface area contributed by atoms with E-state index in [1.807, 2.05) is 6.07 Å². The molecule has 1 N–H and O–H groups in total. The molecule has 27 heavy (non-hydrogen) atoms. The molecule has 3 aromatic rings. The molecule has 1 aliphatic carbocycles. The summed E-state index contributed by atoms with van der Waals surface area (Å²) in [6.45, 7) is 0.143. The topological polar surface area (TPSA) is 76.9 Å². The second kappa shape index (κ2) is 7.26. The quantitative estimate of drug-likeness (QED) is 0.767. The average molecular weight is 366 g/mol. The second-order valence-corrected chi connectivity index (χ2v) is 6.75. The van der Waals surface area contributed by atoms with Crippen LogP contribution >= 0.6 is 0 Å². The zero-order valence-corrected chi connectivity index (χ0v) is 14.7. The fourth-order valence-electron chi connectivity index (χ4n) is 3.34. The molecule has 1 aromatic carbocycles. The molecule has 7 heteroatoms. The van der Waals surface area contributed by atoms with Crippen LogP contribution in [0.4, 0.5) is 4.39 Å². The van der Waals surface area contributed by atoms with E-state index < -0.39 is 0 Å². The van der Waals surface area contributed by atoms with Crippen molar-refractivity contribution >= 4 is 16.9 Å². The molecule has 0 atom stereocenters. The summed E-state index contributed by atoms with van der Waals surface area (Å²) in [7, 11) is 0. The van der Waals surface area contributed by atoms with Crippen molar-refractivity contribution in [3.05, 3.63) is 69.7 Å². The first-order valence-corrected chi connectivity index (χ1v) is 8.99. The largest absolute Gasteiger partial charge is 0.350 e. The Morgan fingerprint density at radius 1 is 1.19 bits per heavy atom. The van der Waals surface area contributed by atoms with Crippen LogP contribution in [-0.2, 0) is 30.7 Å². The van der Waals surface area contributed by atoms with Crippen LogP contribution in [0.1, 0.15) is 29.7 Å². The molecule has 4 rings (SSSR count). The Labute approximate surface area is 155 Å². The minimum absolute atomic E-state index is 0.125. The van der Waals surface area contributed by atoms with Gasteiger partial charge in [-0.15, -0.1) is 0 Å². The van der Waals surface area contributed by atoms with Gasteiger partial charge in [-0.3, -0.25) is 14.2 Å². The third kappa shape index (κ3) is 3.72. The normalized spacial score (nSPS) is 13.4. The number of aromatic nitrogens is 3. The minimum atomic E-state index is -0.324. The van der Waals surface area contributed by atoms with E-state index in [4.69, 9.17) is 0 Å². The number of amides is 1. The van der Waals surface area contributed by atoms with Crippen molar-refractivity contribution < 1.29 is 9.18 Å². The van der Waals surface area contributed by atoms with Crippen LogP contribution in [0.25, 0.3) is 11.0 Å². The summed E-state index contributed by atoms with van der Waals surface area (Å²) in [5.74, 6) is -0.636. The van der Waals surface area contributed by atoms with Gasteiger partial charge >= 0.3 is 0 Å². The second-order valence-electron chi connectivity index (χ2n) is 6.75. The SMILES string of the molecule is O=C(Cn1cnc2nc3c(cc2c1=O)CCCC3)NCc1ccc(F)cc1. The van der Waals surface area contributed by atoms with E-state index in [1.165, 1.54) is 23.0 Å². The lowest BCUT2D eigenvalue weighted by Gasteiger charge is -2.15. The van der Waals surface area contributed by atoms with Gasteiger partial charge in [-0.05, 0) is 55.0 Å². The van der Waals surface area contributed by atoms with Gasteiger partial charge in [0.25, 0.3) is 5.56 Å². The lowest BCUT2D eigenvalue weighted by molar-refractivity contribution is -0.121. The maximum atomic E-state index is 12.9. The lowest BCUT2D eigenvalue weighted by Crippen LogP contribution is -2.32. The average Bonchev–Trinajstić information content (AvgIpc) is 2.69.